The predicted octanol–water partition coefficient (Wildman–Crippen LogP) is 3.04. The van der Waals surface area contributed by atoms with Crippen LogP contribution in [0.25, 0.3) is 0 Å². The van der Waals surface area contributed by atoms with Crippen LogP contribution < -0.4 is 5.32 Å². The number of hydrogen-bond donors (Lipinski definition) is 1. The number of carbonyl (C=O) groups excluding carboxylic acids is 1. The molecule has 1 unspecified atom stereocenters. The maximum atomic E-state index is 12.0. The molecule has 0 spiro atoms. The van der Waals surface area contributed by atoms with Gasteiger partial charge in [-0.25, -0.2) is 9.97 Å². The number of anilines is 2. The van der Waals surface area contributed by atoms with Crippen molar-refractivity contribution in [2.24, 2.45) is 5.92 Å². The minimum absolute atomic E-state index is 0.1000. The Morgan fingerprint density at radius 3 is 2.96 bits per heavy atom. The molecule has 1 atom stereocenters. The molecule has 1 amide bonds. The zero-order chi connectivity index (χ0) is 18.2. The first-order valence-electron chi connectivity index (χ1n) is 9.14. The minimum Gasteiger partial charge on any atom is -0.375 e. The Bertz CT molecular complexity index is 708. The van der Waals surface area contributed by atoms with Gasteiger partial charge in [-0.3, -0.25) is 4.79 Å². The van der Waals surface area contributed by atoms with Crippen molar-refractivity contribution in [3.05, 3.63) is 48.3 Å². The molecule has 0 aliphatic carbocycles. The van der Waals surface area contributed by atoms with Crippen LogP contribution in [0.3, 0.4) is 0 Å². The number of nitrogens with zero attached hydrogens (tertiary/aromatic N) is 3. The summed E-state index contributed by atoms with van der Waals surface area (Å²) in [6, 6.07) is 9.88. The molecule has 0 bridgehead atoms. The number of rotatable bonds is 7. The fourth-order valence-corrected chi connectivity index (χ4v) is 3.38. The van der Waals surface area contributed by atoms with Gasteiger partial charge in [0.1, 0.15) is 18.2 Å². The average molecular weight is 354 g/mol. The molecular weight excluding hydrogens is 328 g/mol. The highest BCUT2D eigenvalue weighted by Crippen LogP contribution is 2.22. The Hall–Kier alpha value is -2.47. The molecule has 3 heterocycles. The van der Waals surface area contributed by atoms with Crippen LogP contribution in [-0.2, 0) is 16.0 Å². The van der Waals surface area contributed by atoms with Crippen LogP contribution >= 0.6 is 0 Å². The lowest BCUT2D eigenvalue weighted by Crippen LogP contribution is -2.41. The number of aromatic nitrogens is 2. The normalized spacial score (nSPS) is 17.1. The molecule has 1 saturated heterocycles. The van der Waals surface area contributed by atoms with Crippen LogP contribution in [0.1, 0.15) is 24.8 Å². The SMILES string of the molecule is COCC(=O)N1CCCC(CCc2ccnc(Nc3ccccn3)c2)C1. The van der Waals surface area contributed by atoms with Crippen LogP contribution in [0, 0.1) is 5.92 Å². The van der Waals surface area contributed by atoms with E-state index in [4.69, 9.17) is 4.74 Å². The minimum atomic E-state index is 0.1000. The average Bonchev–Trinajstić information content (AvgIpc) is 2.68. The number of aryl methyl sites for hydroxylation is 1. The molecule has 1 N–H and O–H groups in total. The van der Waals surface area contributed by atoms with Crippen LogP contribution in [0.4, 0.5) is 11.6 Å². The van der Waals surface area contributed by atoms with E-state index in [0.29, 0.717) is 5.92 Å². The molecule has 1 aliphatic heterocycles. The van der Waals surface area contributed by atoms with Gasteiger partial charge in [-0.1, -0.05) is 6.07 Å². The molecule has 1 aliphatic rings. The molecule has 0 radical (unpaired) electrons. The Labute approximate surface area is 154 Å². The number of nitrogens with one attached hydrogen (secondary N) is 1. The Morgan fingerprint density at radius 2 is 2.15 bits per heavy atom. The first-order chi connectivity index (χ1) is 12.7. The summed E-state index contributed by atoms with van der Waals surface area (Å²) in [5.74, 6) is 2.24. The molecule has 6 nitrogen and oxygen atoms in total. The van der Waals surface area contributed by atoms with E-state index in [-0.39, 0.29) is 12.5 Å². The molecule has 1 fully saturated rings. The van der Waals surface area contributed by atoms with E-state index < -0.39 is 0 Å². The summed E-state index contributed by atoms with van der Waals surface area (Å²) in [6.45, 7) is 1.87. The van der Waals surface area contributed by atoms with Gasteiger partial charge >= 0.3 is 0 Å². The number of methoxy groups -OCH3 is 1. The topological polar surface area (TPSA) is 67.3 Å². The van der Waals surface area contributed by atoms with Crippen molar-refractivity contribution in [2.75, 3.05) is 32.1 Å². The second-order valence-corrected chi connectivity index (χ2v) is 6.71. The highest BCUT2D eigenvalue weighted by molar-refractivity contribution is 5.77. The first-order valence-corrected chi connectivity index (χ1v) is 9.14. The lowest BCUT2D eigenvalue weighted by Gasteiger charge is -2.32. The van der Waals surface area contributed by atoms with Gasteiger partial charge in [0.2, 0.25) is 5.91 Å². The van der Waals surface area contributed by atoms with E-state index >= 15 is 0 Å². The third-order valence-electron chi connectivity index (χ3n) is 4.73. The monoisotopic (exact) mass is 354 g/mol. The van der Waals surface area contributed by atoms with Crippen molar-refractivity contribution in [1.82, 2.24) is 14.9 Å². The largest absolute Gasteiger partial charge is 0.375 e. The second kappa shape index (κ2) is 9.29. The van der Waals surface area contributed by atoms with Gasteiger partial charge in [0.05, 0.1) is 0 Å². The summed E-state index contributed by atoms with van der Waals surface area (Å²) < 4.78 is 4.97. The molecule has 0 saturated carbocycles. The van der Waals surface area contributed by atoms with Gasteiger partial charge in [0, 0.05) is 32.6 Å². The van der Waals surface area contributed by atoms with Crippen molar-refractivity contribution in [1.29, 1.82) is 0 Å². The van der Waals surface area contributed by atoms with E-state index in [9.17, 15) is 4.79 Å². The van der Waals surface area contributed by atoms with E-state index in [0.717, 1.165) is 44.0 Å². The lowest BCUT2D eigenvalue weighted by atomic mass is 9.92. The van der Waals surface area contributed by atoms with Gasteiger partial charge in [-0.15, -0.1) is 0 Å². The molecule has 2 aromatic heterocycles. The maximum Gasteiger partial charge on any atom is 0.248 e. The fraction of sp³-hybridized carbons (Fsp3) is 0.450. The van der Waals surface area contributed by atoms with Crippen LogP contribution in [-0.4, -0.2) is 47.6 Å². The predicted molar refractivity (Wildman–Crippen MR) is 101 cm³/mol. The molecule has 138 valence electrons. The number of piperidine rings is 1. The van der Waals surface area contributed by atoms with E-state index in [1.165, 1.54) is 12.0 Å². The Kier molecular flexibility index (Phi) is 6.55. The molecular formula is C20H26N4O2. The van der Waals surface area contributed by atoms with Gasteiger partial charge in [-0.2, -0.15) is 0 Å². The zero-order valence-corrected chi connectivity index (χ0v) is 15.2. The van der Waals surface area contributed by atoms with Gasteiger partial charge in [0.25, 0.3) is 0 Å². The van der Waals surface area contributed by atoms with Gasteiger partial charge in [0.15, 0.2) is 0 Å². The molecule has 26 heavy (non-hydrogen) atoms. The maximum absolute atomic E-state index is 12.0. The molecule has 6 heteroatoms. The quantitative estimate of drug-likeness (QED) is 0.828. The fourth-order valence-electron chi connectivity index (χ4n) is 3.38. The smallest absolute Gasteiger partial charge is 0.248 e. The summed E-state index contributed by atoms with van der Waals surface area (Å²) in [5, 5.41) is 3.23. The second-order valence-electron chi connectivity index (χ2n) is 6.71. The zero-order valence-electron chi connectivity index (χ0n) is 15.2. The number of amides is 1. The summed E-state index contributed by atoms with van der Waals surface area (Å²) in [7, 11) is 1.57. The highest BCUT2D eigenvalue weighted by Gasteiger charge is 2.23. The standard InChI is InChI=1S/C20H26N4O2/c1-26-15-20(25)24-12-4-5-17(14-24)8-7-16-9-11-22-19(13-16)23-18-6-2-3-10-21-18/h2-3,6,9-11,13,17H,4-5,7-8,12,14-15H2,1H3,(H,21,22,23). The number of likely N-dealkylation sites (tertiary alicyclic amines) is 1. The van der Waals surface area contributed by atoms with Crippen molar-refractivity contribution in [3.8, 4) is 0 Å². The first kappa shape index (κ1) is 18.3. The van der Waals surface area contributed by atoms with Crippen molar-refractivity contribution < 1.29 is 9.53 Å². The summed E-state index contributed by atoms with van der Waals surface area (Å²) >= 11 is 0. The summed E-state index contributed by atoms with van der Waals surface area (Å²) in [6.07, 6.45) is 7.89. The summed E-state index contributed by atoms with van der Waals surface area (Å²) in [5.41, 5.74) is 1.25. The molecule has 0 aromatic carbocycles. The Morgan fingerprint density at radius 1 is 1.27 bits per heavy atom. The van der Waals surface area contributed by atoms with Crippen LogP contribution in [0.15, 0.2) is 42.7 Å². The Balaban J connectivity index is 1.53. The van der Waals surface area contributed by atoms with Crippen molar-refractivity contribution in [2.45, 2.75) is 25.7 Å². The number of carbonyl (C=O) groups is 1. The lowest BCUT2D eigenvalue weighted by molar-refractivity contribution is -0.137. The van der Waals surface area contributed by atoms with Gasteiger partial charge in [-0.05, 0) is 61.4 Å². The third-order valence-corrected chi connectivity index (χ3v) is 4.73. The third kappa shape index (κ3) is 5.26. The van der Waals surface area contributed by atoms with E-state index in [1.54, 1.807) is 13.3 Å². The molecule has 3 rings (SSSR count). The number of hydrogen-bond acceptors (Lipinski definition) is 5. The van der Waals surface area contributed by atoms with Crippen molar-refractivity contribution >= 4 is 17.5 Å². The summed E-state index contributed by atoms with van der Waals surface area (Å²) in [4.78, 5) is 22.6. The van der Waals surface area contributed by atoms with Crippen LogP contribution in [0.5, 0.6) is 0 Å². The van der Waals surface area contributed by atoms with Gasteiger partial charge < -0.3 is 15.0 Å². The number of ether oxygens (including phenoxy) is 1. The highest BCUT2D eigenvalue weighted by atomic mass is 16.5. The van der Waals surface area contributed by atoms with E-state index in [2.05, 4.69) is 27.4 Å². The van der Waals surface area contributed by atoms with Crippen LogP contribution in [0.2, 0.25) is 0 Å². The number of pyridine rings is 2. The van der Waals surface area contributed by atoms with Crippen molar-refractivity contribution in [3.63, 3.8) is 0 Å². The van der Waals surface area contributed by atoms with E-state index in [1.807, 2.05) is 29.3 Å². The molecule has 2 aromatic rings.